The van der Waals surface area contributed by atoms with Crippen LogP contribution >= 0.6 is 11.3 Å². The molecule has 130 valence electrons. The Hall–Kier alpha value is -1.77. The monoisotopic (exact) mass is 368 g/mol. The lowest BCUT2D eigenvalue weighted by Gasteiger charge is -2.21. The van der Waals surface area contributed by atoms with Crippen LogP contribution in [0.1, 0.15) is 34.9 Å². The number of hydrogen-bond acceptors (Lipinski definition) is 6. The minimum Gasteiger partial charge on any atom is -0.455 e. The van der Waals surface area contributed by atoms with Gasteiger partial charge in [-0.1, -0.05) is 6.07 Å². The molecule has 1 aromatic carbocycles. The highest BCUT2D eigenvalue weighted by molar-refractivity contribution is 7.89. The standard InChI is InChI=1S/C16H20N2O4S2/c1-11(2)18(4)24(20,21)14-7-5-6-13(8-14)16(19)22-9-15-17-12(3)10-23-15/h5-8,10-11H,9H2,1-4H3. The molecule has 0 spiro atoms. The van der Waals surface area contributed by atoms with Crippen molar-refractivity contribution in [2.75, 3.05) is 7.05 Å². The van der Waals surface area contributed by atoms with Gasteiger partial charge in [-0.05, 0) is 39.0 Å². The van der Waals surface area contributed by atoms with Crippen molar-refractivity contribution >= 4 is 27.3 Å². The van der Waals surface area contributed by atoms with Crippen LogP contribution < -0.4 is 0 Å². The Morgan fingerprint density at radius 2 is 2.08 bits per heavy atom. The van der Waals surface area contributed by atoms with Crippen LogP contribution in [-0.2, 0) is 21.4 Å². The van der Waals surface area contributed by atoms with Gasteiger partial charge in [-0.15, -0.1) is 11.3 Å². The molecule has 6 nitrogen and oxygen atoms in total. The van der Waals surface area contributed by atoms with Gasteiger partial charge in [-0.2, -0.15) is 4.31 Å². The number of benzene rings is 1. The molecule has 2 aromatic rings. The molecule has 0 bridgehead atoms. The number of aromatic nitrogens is 1. The van der Waals surface area contributed by atoms with Crippen LogP contribution in [0.3, 0.4) is 0 Å². The number of hydrogen-bond donors (Lipinski definition) is 0. The normalized spacial score (nSPS) is 11.9. The van der Waals surface area contributed by atoms with Crippen molar-refractivity contribution < 1.29 is 17.9 Å². The molecular weight excluding hydrogens is 348 g/mol. The van der Waals surface area contributed by atoms with E-state index in [1.807, 2.05) is 12.3 Å². The third-order valence-corrected chi connectivity index (χ3v) is 6.44. The molecule has 0 saturated heterocycles. The first kappa shape index (κ1) is 18.6. The summed E-state index contributed by atoms with van der Waals surface area (Å²) in [6.45, 7) is 5.50. The Bertz CT molecular complexity index is 828. The Balaban J connectivity index is 2.16. The molecule has 0 N–H and O–H groups in total. The van der Waals surface area contributed by atoms with E-state index in [9.17, 15) is 13.2 Å². The van der Waals surface area contributed by atoms with Gasteiger partial charge < -0.3 is 4.74 Å². The number of aryl methyl sites for hydroxylation is 1. The van der Waals surface area contributed by atoms with Gasteiger partial charge in [-0.3, -0.25) is 0 Å². The second-order valence-corrected chi connectivity index (χ2v) is 8.54. The summed E-state index contributed by atoms with van der Waals surface area (Å²) in [5, 5.41) is 2.57. The highest BCUT2D eigenvalue weighted by Gasteiger charge is 2.24. The molecule has 0 atom stereocenters. The first-order valence-corrected chi connectivity index (χ1v) is 9.70. The van der Waals surface area contributed by atoms with E-state index in [0.717, 1.165) is 5.69 Å². The van der Waals surface area contributed by atoms with E-state index in [0.29, 0.717) is 5.01 Å². The van der Waals surface area contributed by atoms with Gasteiger partial charge in [0.15, 0.2) is 0 Å². The molecule has 1 aromatic heterocycles. The number of thiazole rings is 1. The van der Waals surface area contributed by atoms with Crippen LogP contribution in [0.15, 0.2) is 34.5 Å². The summed E-state index contributed by atoms with van der Waals surface area (Å²) in [6, 6.07) is 5.69. The van der Waals surface area contributed by atoms with Gasteiger partial charge in [0, 0.05) is 24.2 Å². The molecule has 0 saturated carbocycles. The SMILES string of the molecule is Cc1csc(COC(=O)c2cccc(S(=O)(=O)N(C)C(C)C)c2)n1. The van der Waals surface area contributed by atoms with Crippen molar-refractivity contribution in [3.05, 3.63) is 45.9 Å². The summed E-state index contributed by atoms with van der Waals surface area (Å²) in [7, 11) is -2.13. The van der Waals surface area contributed by atoms with Crippen molar-refractivity contribution in [2.45, 2.75) is 38.3 Å². The molecule has 24 heavy (non-hydrogen) atoms. The Morgan fingerprint density at radius 3 is 2.67 bits per heavy atom. The fourth-order valence-corrected chi connectivity index (χ4v) is 4.00. The second kappa shape index (κ2) is 7.42. The van der Waals surface area contributed by atoms with Gasteiger partial charge >= 0.3 is 5.97 Å². The van der Waals surface area contributed by atoms with E-state index in [1.165, 1.54) is 47.0 Å². The first-order valence-electron chi connectivity index (χ1n) is 7.38. The molecule has 0 unspecified atom stereocenters. The maximum Gasteiger partial charge on any atom is 0.338 e. The zero-order valence-electron chi connectivity index (χ0n) is 14.0. The van der Waals surface area contributed by atoms with Gasteiger partial charge in [0.05, 0.1) is 10.5 Å². The maximum absolute atomic E-state index is 12.5. The summed E-state index contributed by atoms with van der Waals surface area (Å²) in [5.74, 6) is -0.577. The number of esters is 1. The number of sulfonamides is 1. The highest BCUT2D eigenvalue weighted by atomic mass is 32.2. The molecule has 8 heteroatoms. The fraction of sp³-hybridized carbons (Fsp3) is 0.375. The zero-order chi connectivity index (χ0) is 17.9. The summed E-state index contributed by atoms with van der Waals surface area (Å²) in [5.41, 5.74) is 1.07. The minimum absolute atomic E-state index is 0.0678. The summed E-state index contributed by atoms with van der Waals surface area (Å²) >= 11 is 1.41. The van der Waals surface area contributed by atoms with Crippen molar-refractivity contribution in [3.63, 3.8) is 0 Å². The van der Waals surface area contributed by atoms with E-state index < -0.39 is 16.0 Å². The molecule has 0 fully saturated rings. The molecule has 2 rings (SSSR count). The minimum atomic E-state index is -3.64. The third-order valence-electron chi connectivity index (χ3n) is 3.47. The first-order chi connectivity index (χ1) is 11.2. The largest absolute Gasteiger partial charge is 0.455 e. The highest BCUT2D eigenvalue weighted by Crippen LogP contribution is 2.19. The molecule has 1 heterocycles. The number of rotatable bonds is 6. The number of carbonyl (C=O) groups excluding carboxylic acids is 1. The van der Waals surface area contributed by atoms with E-state index in [-0.39, 0.29) is 23.1 Å². The van der Waals surface area contributed by atoms with Crippen molar-refractivity contribution in [1.29, 1.82) is 0 Å². The summed E-state index contributed by atoms with van der Waals surface area (Å²) in [4.78, 5) is 16.4. The zero-order valence-corrected chi connectivity index (χ0v) is 15.6. The second-order valence-electron chi connectivity index (χ2n) is 5.60. The predicted octanol–water partition coefficient (Wildman–Crippen LogP) is 2.84. The average molecular weight is 368 g/mol. The smallest absolute Gasteiger partial charge is 0.338 e. The van der Waals surface area contributed by atoms with Gasteiger partial charge in [0.1, 0.15) is 11.6 Å². The van der Waals surface area contributed by atoms with Gasteiger partial charge in [0.25, 0.3) is 0 Å². The van der Waals surface area contributed by atoms with E-state index in [4.69, 9.17) is 4.74 Å². The van der Waals surface area contributed by atoms with Crippen molar-refractivity contribution in [3.8, 4) is 0 Å². The van der Waals surface area contributed by atoms with Crippen molar-refractivity contribution in [2.24, 2.45) is 0 Å². The molecule has 0 aliphatic rings. The van der Waals surface area contributed by atoms with E-state index in [1.54, 1.807) is 13.8 Å². The topological polar surface area (TPSA) is 76.6 Å². The van der Waals surface area contributed by atoms with Crippen LogP contribution in [0.25, 0.3) is 0 Å². The lowest BCUT2D eigenvalue weighted by Crippen LogP contribution is -2.33. The third kappa shape index (κ3) is 4.19. The summed E-state index contributed by atoms with van der Waals surface area (Å²) in [6.07, 6.45) is 0. The van der Waals surface area contributed by atoms with Crippen LogP contribution in [0.2, 0.25) is 0 Å². The van der Waals surface area contributed by atoms with Crippen LogP contribution in [0, 0.1) is 6.92 Å². The Labute approximate surface area is 146 Å². The van der Waals surface area contributed by atoms with Crippen LogP contribution in [0.4, 0.5) is 0 Å². The van der Waals surface area contributed by atoms with E-state index in [2.05, 4.69) is 4.98 Å². The van der Waals surface area contributed by atoms with Crippen molar-refractivity contribution in [1.82, 2.24) is 9.29 Å². The van der Waals surface area contributed by atoms with E-state index >= 15 is 0 Å². The Morgan fingerprint density at radius 1 is 1.38 bits per heavy atom. The average Bonchev–Trinajstić information content (AvgIpc) is 2.97. The fourth-order valence-electron chi connectivity index (χ4n) is 1.91. The summed E-state index contributed by atoms with van der Waals surface area (Å²) < 4.78 is 31.5. The van der Waals surface area contributed by atoms with Crippen LogP contribution in [0.5, 0.6) is 0 Å². The lowest BCUT2D eigenvalue weighted by atomic mass is 10.2. The van der Waals surface area contributed by atoms with Crippen LogP contribution in [-0.4, -0.2) is 36.8 Å². The lowest BCUT2D eigenvalue weighted by molar-refractivity contribution is 0.0472. The molecule has 0 radical (unpaired) electrons. The number of carbonyl (C=O) groups is 1. The predicted molar refractivity (Wildman–Crippen MR) is 92.5 cm³/mol. The Kier molecular flexibility index (Phi) is 5.74. The molecule has 0 amide bonds. The van der Waals surface area contributed by atoms with Gasteiger partial charge in [-0.25, -0.2) is 18.2 Å². The quantitative estimate of drug-likeness (QED) is 0.733. The molecule has 0 aliphatic carbocycles. The molecular formula is C16H20N2O4S2. The van der Waals surface area contributed by atoms with Gasteiger partial charge in [0.2, 0.25) is 10.0 Å². The number of nitrogens with zero attached hydrogens (tertiary/aromatic N) is 2. The maximum atomic E-state index is 12.5. The molecule has 0 aliphatic heterocycles. The number of ether oxygens (including phenoxy) is 1.